The van der Waals surface area contributed by atoms with Gasteiger partial charge in [-0.15, -0.1) is 0 Å². The standard InChI is InChI=1S/C16H15N5O/c22-15(21-18-11-12-5-2-1-3-6-12)9-8-14-19-13-7-4-10-17-16(13)20-14/h1-7,10-11H,8-9H2,(H,21,22)(H,17,19,20)/b18-11+. The lowest BCUT2D eigenvalue weighted by Crippen LogP contribution is -2.18. The highest BCUT2D eigenvalue weighted by atomic mass is 16.2. The molecule has 2 aromatic heterocycles. The molecule has 0 aliphatic carbocycles. The molecule has 0 radical (unpaired) electrons. The molecule has 0 saturated heterocycles. The van der Waals surface area contributed by atoms with E-state index < -0.39 is 0 Å². The van der Waals surface area contributed by atoms with Crippen LogP contribution >= 0.6 is 0 Å². The first-order chi connectivity index (χ1) is 10.8. The second-order valence-electron chi connectivity index (χ2n) is 4.76. The number of aromatic amines is 1. The van der Waals surface area contributed by atoms with Crippen LogP contribution in [0.1, 0.15) is 17.8 Å². The van der Waals surface area contributed by atoms with Crippen LogP contribution in [0.3, 0.4) is 0 Å². The normalized spacial score (nSPS) is 11.1. The maximum absolute atomic E-state index is 11.7. The molecule has 0 aliphatic rings. The Morgan fingerprint density at radius 1 is 1.23 bits per heavy atom. The number of fused-ring (bicyclic) bond motifs is 1. The van der Waals surface area contributed by atoms with Gasteiger partial charge in [0.25, 0.3) is 0 Å². The Kier molecular flexibility index (Phi) is 4.20. The van der Waals surface area contributed by atoms with Gasteiger partial charge in [0.05, 0.1) is 11.7 Å². The molecule has 110 valence electrons. The molecule has 0 fully saturated rings. The number of hydrogen-bond acceptors (Lipinski definition) is 4. The third kappa shape index (κ3) is 3.54. The molecule has 6 nitrogen and oxygen atoms in total. The fourth-order valence-corrected chi connectivity index (χ4v) is 2.02. The van der Waals surface area contributed by atoms with E-state index in [1.54, 1.807) is 12.4 Å². The van der Waals surface area contributed by atoms with Crippen molar-refractivity contribution in [2.75, 3.05) is 0 Å². The maximum Gasteiger partial charge on any atom is 0.240 e. The number of rotatable bonds is 5. The summed E-state index contributed by atoms with van der Waals surface area (Å²) in [6.07, 6.45) is 4.13. The van der Waals surface area contributed by atoms with Crippen molar-refractivity contribution in [1.29, 1.82) is 0 Å². The largest absolute Gasteiger partial charge is 0.341 e. The number of nitrogens with one attached hydrogen (secondary N) is 2. The van der Waals surface area contributed by atoms with Crippen molar-refractivity contribution in [3.05, 3.63) is 60.0 Å². The molecular formula is C16H15N5O. The molecule has 1 aromatic carbocycles. The van der Waals surface area contributed by atoms with E-state index >= 15 is 0 Å². The summed E-state index contributed by atoms with van der Waals surface area (Å²) in [6.45, 7) is 0. The number of amides is 1. The van der Waals surface area contributed by atoms with Gasteiger partial charge in [-0.1, -0.05) is 30.3 Å². The quantitative estimate of drug-likeness (QED) is 0.558. The van der Waals surface area contributed by atoms with E-state index in [-0.39, 0.29) is 5.91 Å². The van der Waals surface area contributed by atoms with E-state index in [4.69, 9.17) is 0 Å². The van der Waals surface area contributed by atoms with E-state index in [1.807, 2.05) is 42.5 Å². The first-order valence-corrected chi connectivity index (χ1v) is 6.98. The zero-order valence-electron chi connectivity index (χ0n) is 11.9. The Morgan fingerprint density at radius 2 is 2.09 bits per heavy atom. The van der Waals surface area contributed by atoms with Gasteiger partial charge in [0.2, 0.25) is 5.91 Å². The lowest BCUT2D eigenvalue weighted by molar-refractivity contribution is -0.121. The smallest absolute Gasteiger partial charge is 0.240 e. The van der Waals surface area contributed by atoms with Crippen LogP contribution in [0.5, 0.6) is 0 Å². The fraction of sp³-hybridized carbons (Fsp3) is 0.125. The highest BCUT2D eigenvalue weighted by Gasteiger charge is 2.06. The first-order valence-electron chi connectivity index (χ1n) is 6.98. The van der Waals surface area contributed by atoms with Crippen LogP contribution in [-0.2, 0) is 11.2 Å². The van der Waals surface area contributed by atoms with Gasteiger partial charge in [0, 0.05) is 19.0 Å². The van der Waals surface area contributed by atoms with Gasteiger partial charge >= 0.3 is 0 Å². The lowest BCUT2D eigenvalue weighted by Gasteiger charge is -1.98. The van der Waals surface area contributed by atoms with E-state index in [1.165, 1.54) is 0 Å². The number of aryl methyl sites for hydroxylation is 1. The number of benzene rings is 1. The molecule has 3 rings (SSSR count). The summed E-state index contributed by atoms with van der Waals surface area (Å²) in [7, 11) is 0. The van der Waals surface area contributed by atoms with Crippen molar-refractivity contribution < 1.29 is 4.79 Å². The van der Waals surface area contributed by atoms with Crippen LogP contribution in [0.4, 0.5) is 0 Å². The Hall–Kier alpha value is -3.02. The monoisotopic (exact) mass is 293 g/mol. The number of H-pyrrole nitrogens is 1. The molecule has 0 unspecified atom stereocenters. The second kappa shape index (κ2) is 6.62. The minimum Gasteiger partial charge on any atom is -0.341 e. The zero-order chi connectivity index (χ0) is 15.2. The van der Waals surface area contributed by atoms with Crippen LogP contribution in [0, 0.1) is 0 Å². The van der Waals surface area contributed by atoms with Crippen molar-refractivity contribution in [2.24, 2.45) is 5.10 Å². The summed E-state index contributed by atoms with van der Waals surface area (Å²) in [5.41, 5.74) is 4.99. The van der Waals surface area contributed by atoms with Crippen LogP contribution in [0.2, 0.25) is 0 Å². The third-order valence-corrected chi connectivity index (χ3v) is 3.10. The summed E-state index contributed by atoms with van der Waals surface area (Å²) < 4.78 is 0. The SMILES string of the molecule is O=C(CCc1nc2ncccc2[nH]1)N/N=C/c1ccccc1. The number of carbonyl (C=O) groups is 1. The fourth-order valence-electron chi connectivity index (χ4n) is 2.02. The minimum atomic E-state index is -0.152. The molecule has 0 bridgehead atoms. The van der Waals surface area contributed by atoms with Crippen LogP contribution in [0.25, 0.3) is 11.2 Å². The van der Waals surface area contributed by atoms with Gasteiger partial charge in [-0.05, 0) is 17.7 Å². The topological polar surface area (TPSA) is 83.0 Å². The predicted molar refractivity (Wildman–Crippen MR) is 84.4 cm³/mol. The van der Waals surface area contributed by atoms with E-state index in [2.05, 4.69) is 25.5 Å². The van der Waals surface area contributed by atoms with Gasteiger partial charge in [-0.25, -0.2) is 15.4 Å². The molecule has 0 aliphatic heterocycles. The zero-order valence-corrected chi connectivity index (χ0v) is 11.9. The van der Waals surface area contributed by atoms with Crippen LogP contribution in [-0.4, -0.2) is 27.1 Å². The Morgan fingerprint density at radius 3 is 2.91 bits per heavy atom. The van der Waals surface area contributed by atoms with Gasteiger partial charge < -0.3 is 4.98 Å². The number of hydrogen-bond donors (Lipinski definition) is 2. The van der Waals surface area contributed by atoms with Crippen LogP contribution < -0.4 is 5.43 Å². The highest BCUT2D eigenvalue weighted by Crippen LogP contribution is 2.08. The molecule has 22 heavy (non-hydrogen) atoms. The van der Waals surface area contributed by atoms with Crippen molar-refractivity contribution in [3.8, 4) is 0 Å². The predicted octanol–water partition coefficient (Wildman–Crippen LogP) is 2.04. The third-order valence-electron chi connectivity index (χ3n) is 3.10. The highest BCUT2D eigenvalue weighted by molar-refractivity contribution is 5.82. The van der Waals surface area contributed by atoms with Crippen molar-refractivity contribution in [3.63, 3.8) is 0 Å². The summed E-state index contributed by atoms with van der Waals surface area (Å²) in [4.78, 5) is 23.4. The van der Waals surface area contributed by atoms with Gasteiger partial charge in [0.1, 0.15) is 5.82 Å². The number of nitrogens with zero attached hydrogens (tertiary/aromatic N) is 3. The maximum atomic E-state index is 11.7. The summed E-state index contributed by atoms with van der Waals surface area (Å²) in [6, 6.07) is 13.3. The number of hydrazone groups is 1. The number of aromatic nitrogens is 3. The molecular weight excluding hydrogens is 278 g/mol. The van der Waals surface area contributed by atoms with E-state index in [0.717, 1.165) is 16.9 Å². The summed E-state index contributed by atoms with van der Waals surface area (Å²) in [5, 5.41) is 3.93. The van der Waals surface area contributed by atoms with Gasteiger partial charge in [-0.2, -0.15) is 5.10 Å². The molecule has 6 heteroatoms. The molecule has 0 spiro atoms. The minimum absolute atomic E-state index is 0.152. The molecule has 0 atom stereocenters. The second-order valence-corrected chi connectivity index (χ2v) is 4.76. The van der Waals surface area contributed by atoms with Crippen molar-refractivity contribution >= 4 is 23.3 Å². The molecule has 2 heterocycles. The number of pyridine rings is 1. The van der Waals surface area contributed by atoms with E-state index in [9.17, 15) is 4.79 Å². The summed E-state index contributed by atoms with van der Waals surface area (Å²) in [5.74, 6) is 0.594. The van der Waals surface area contributed by atoms with Crippen molar-refractivity contribution in [1.82, 2.24) is 20.4 Å². The average Bonchev–Trinajstić information content (AvgIpc) is 2.97. The summed E-state index contributed by atoms with van der Waals surface area (Å²) >= 11 is 0. The number of imidazole rings is 1. The lowest BCUT2D eigenvalue weighted by atomic mass is 10.2. The van der Waals surface area contributed by atoms with Gasteiger partial charge in [0.15, 0.2) is 5.65 Å². The van der Waals surface area contributed by atoms with Crippen LogP contribution in [0.15, 0.2) is 53.8 Å². The Labute approximate surface area is 127 Å². The molecule has 2 N–H and O–H groups in total. The van der Waals surface area contributed by atoms with Crippen molar-refractivity contribution in [2.45, 2.75) is 12.8 Å². The average molecular weight is 293 g/mol. The Bertz CT molecular complexity index is 761. The molecule has 3 aromatic rings. The molecule has 0 saturated carbocycles. The Balaban J connectivity index is 1.51. The number of carbonyl (C=O) groups excluding carboxylic acids is 1. The first kappa shape index (κ1) is 13.9. The van der Waals surface area contributed by atoms with E-state index in [0.29, 0.717) is 18.5 Å². The van der Waals surface area contributed by atoms with Gasteiger partial charge in [-0.3, -0.25) is 4.79 Å². The molecule has 1 amide bonds.